The van der Waals surface area contributed by atoms with E-state index in [0.29, 0.717) is 18.0 Å². The molecule has 2 heterocycles. The number of nitrogens with zero attached hydrogens (tertiary/aromatic N) is 2. The average Bonchev–Trinajstić information content (AvgIpc) is 3.07. The molecule has 7 heteroatoms. The molecule has 1 N–H and O–H groups in total. The van der Waals surface area contributed by atoms with Gasteiger partial charge in [-0.15, -0.1) is 0 Å². The average molecular weight is 420 g/mol. The molecule has 2 fully saturated rings. The lowest BCUT2D eigenvalue weighted by atomic mass is 9.84. The fourth-order valence-corrected chi connectivity index (χ4v) is 5.86. The third kappa shape index (κ3) is 4.67. The van der Waals surface area contributed by atoms with Gasteiger partial charge in [0.15, 0.2) is 0 Å². The monoisotopic (exact) mass is 419 g/mol. The van der Waals surface area contributed by atoms with Crippen molar-refractivity contribution in [2.45, 2.75) is 56.8 Å². The molecule has 1 aromatic rings. The van der Waals surface area contributed by atoms with E-state index in [4.69, 9.17) is 0 Å². The number of rotatable bonds is 7. The predicted octanol–water partition coefficient (Wildman–Crippen LogP) is 2.78. The quantitative estimate of drug-likeness (QED) is 0.690. The number of anilines is 1. The Morgan fingerprint density at radius 2 is 2.00 bits per heavy atom. The summed E-state index contributed by atoms with van der Waals surface area (Å²) < 4.78 is 28.2. The first-order chi connectivity index (χ1) is 13.9. The largest absolute Gasteiger partial charge is 0.312 e. The van der Waals surface area contributed by atoms with Crippen LogP contribution >= 0.6 is 0 Å². The van der Waals surface area contributed by atoms with E-state index >= 15 is 0 Å². The van der Waals surface area contributed by atoms with E-state index in [0.717, 1.165) is 68.9 Å². The van der Waals surface area contributed by atoms with Crippen LogP contribution in [0.2, 0.25) is 0 Å². The molecule has 0 spiro atoms. The number of carbonyl (C=O) groups is 1. The van der Waals surface area contributed by atoms with Crippen molar-refractivity contribution in [1.29, 1.82) is 0 Å². The molecule has 6 nitrogen and oxygen atoms in total. The molecule has 1 aromatic carbocycles. The molecule has 29 heavy (non-hydrogen) atoms. The molecule has 160 valence electrons. The van der Waals surface area contributed by atoms with Crippen LogP contribution in [0, 0.1) is 11.8 Å². The van der Waals surface area contributed by atoms with Crippen molar-refractivity contribution < 1.29 is 13.2 Å². The van der Waals surface area contributed by atoms with Crippen molar-refractivity contribution in [2.24, 2.45) is 11.8 Å². The van der Waals surface area contributed by atoms with E-state index in [1.807, 2.05) is 11.0 Å². The van der Waals surface area contributed by atoms with Crippen LogP contribution < -0.4 is 9.62 Å². The van der Waals surface area contributed by atoms with Crippen LogP contribution in [0.1, 0.15) is 51.0 Å². The minimum absolute atomic E-state index is 0.161. The van der Waals surface area contributed by atoms with E-state index in [1.54, 1.807) is 12.1 Å². The van der Waals surface area contributed by atoms with Crippen LogP contribution in [-0.4, -0.2) is 51.9 Å². The lowest BCUT2D eigenvalue weighted by molar-refractivity contribution is -0.124. The number of likely N-dealkylation sites (tertiary alicyclic amines) is 1. The number of hydrogen-bond acceptors (Lipinski definition) is 4. The van der Waals surface area contributed by atoms with Crippen LogP contribution in [0.4, 0.5) is 5.69 Å². The summed E-state index contributed by atoms with van der Waals surface area (Å²) in [6, 6.07) is 5.19. The summed E-state index contributed by atoms with van der Waals surface area (Å²) in [4.78, 5) is 17.2. The standard InChI is InChI=1S/C22H33N3O3S/c1-17-5-3-12-24(16-17)13-4-11-23-29(27,28)20-8-9-21-19(15-20)10-14-25(21)22(26)18-6-2-7-18/h8-9,15,17-18,23H,2-7,10-14,16H2,1H3. The molecule has 1 atom stereocenters. The van der Waals surface area contributed by atoms with Crippen LogP contribution in [0.5, 0.6) is 0 Å². The van der Waals surface area contributed by atoms with E-state index in [2.05, 4.69) is 16.5 Å². The van der Waals surface area contributed by atoms with Gasteiger partial charge in [-0.25, -0.2) is 13.1 Å². The Kier molecular flexibility index (Phi) is 6.27. The molecule has 4 rings (SSSR count). The molecule has 0 bridgehead atoms. The third-order valence-corrected chi connectivity index (χ3v) is 8.12. The number of piperidine rings is 1. The molecular weight excluding hydrogens is 386 g/mol. The number of benzene rings is 1. The van der Waals surface area contributed by atoms with Crippen molar-refractivity contribution >= 4 is 21.6 Å². The summed E-state index contributed by atoms with van der Waals surface area (Å²) in [5.74, 6) is 1.10. The van der Waals surface area contributed by atoms with Gasteiger partial charge in [0.25, 0.3) is 0 Å². The molecule has 0 radical (unpaired) electrons. The fourth-order valence-electron chi connectivity index (χ4n) is 4.73. The van der Waals surface area contributed by atoms with Crippen LogP contribution in [0.25, 0.3) is 0 Å². The van der Waals surface area contributed by atoms with Crippen molar-refractivity contribution in [3.63, 3.8) is 0 Å². The highest BCUT2D eigenvalue weighted by atomic mass is 32.2. The minimum atomic E-state index is -3.52. The Morgan fingerprint density at radius 1 is 1.17 bits per heavy atom. The molecule has 1 saturated carbocycles. The van der Waals surface area contributed by atoms with E-state index < -0.39 is 10.0 Å². The molecular formula is C22H33N3O3S. The molecule has 1 amide bonds. The molecule has 3 aliphatic rings. The first kappa shape index (κ1) is 20.8. The zero-order valence-electron chi connectivity index (χ0n) is 17.4. The van der Waals surface area contributed by atoms with Gasteiger partial charge in [0.05, 0.1) is 4.90 Å². The van der Waals surface area contributed by atoms with Gasteiger partial charge < -0.3 is 9.80 Å². The number of sulfonamides is 1. The second kappa shape index (κ2) is 8.74. The summed E-state index contributed by atoms with van der Waals surface area (Å²) in [5, 5.41) is 0. The van der Waals surface area contributed by atoms with Crippen molar-refractivity contribution in [3.05, 3.63) is 23.8 Å². The van der Waals surface area contributed by atoms with Gasteiger partial charge >= 0.3 is 0 Å². The summed E-state index contributed by atoms with van der Waals surface area (Å²) in [7, 11) is -3.52. The highest BCUT2D eigenvalue weighted by Crippen LogP contribution is 2.35. The normalized spacial score (nSPS) is 23.1. The third-order valence-electron chi connectivity index (χ3n) is 6.66. The van der Waals surface area contributed by atoms with Gasteiger partial charge in [-0.3, -0.25) is 4.79 Å². The predicted molar refractivity (Wildman–Crippen MR) is 114 cm³/mol. The highest BCUT2D eigenvalue weighted by Gasteiger charge is 2.33. The van der Waals surface area contributed by atoms with Crippen molar-refractivity contribution in [1.82, 2.24) is 9.62 Å². The lowest BCUT2D eigenvalue weighted by Crippen LogP contribution is -2.37. The molecule has 1 saturated heterocycles. The second-order valence-electron chi connectivity index (χ2n) is 8.96. The van der Waals surface area contributed by atoms with Gasteiger partial charge in [0.1, 0.15) is 0 Å². The molecule has 1 aliphatic carbocycles. The lowest BCUT2D eigenvalue weighted by Gasteiger charge is -2.30. The fraction of sp³-hybridized carbons (Fsp3) is 0.682. The molecule has 0 aromatic heterocycles. The van der Waals surface area contributed by atoms with Crippen LogP contribution in [0.3, 0.4) is 0 Å². The first-order valence-corrected chi connectivity index (χ1v) is 12.6. The van der Waals surface area contributed by atoms with Crippen molar-refractivity contribution in [3.8, 4) is 0 Å². The number of amides is 1. The Hall–Kier alpha value is -1.44. The Labute approximate surface area is 174 Å². The van der Waals surface area contributed by atoms with Gasteiger partial charge in [-0.05, 0) is 81.3 Å². The van der Waals surface area contributed by atoms with Gasteiger partial charge in [-0.1, -0.05) is 13.3 Å². The number of fused-ring (bicyclic) bond motifs is 1. The van der Waals surface area contributed by atoms with Gasteiger partial charge in [0, 0.05) is 31.2 Å². The van der Waals surface area contributed by atoms with Crippen LogP contribution in [0.15, 0.2) is 23.1 Å². The number of nitrogens with one attached hydrogen (secondary N) is 1. The second-order valence-corrected chi connectivity index (χ2v) is 10.7. The zero-order valence-corrected chi connectivity index (χ0v) is 18.2. The summed E-state index contributed by atoms with van der Waals surface area (Å²) in [6.45, 7) is 6.58. The maximum absolute atomic E-state index is 12.7. The van der Waals surface area contributed by atoms with E-state index in [9.17, 15) is 13.2 Å². The van der Waals surface area contributed by atoms with Gasteiger partial charge in [0.2, 0.25) is 15.9 Å². The SMILES string of the molecule is CC1CCCN(CCCNS(=O)(=O)c2ccc3c(c2)CCN3C(=O)C2CCC2)C1. The Balaban J connectivity index is 1.32. The summed E-state index contributed by atoms with van der Waals surface area (Å²) >= 11 is 0. The van der Waals surface area contributed by atoms with Gasteiger partial charge in [-0.2, -0.15) is 0 Å². The van der Waals surface area contributed by atoms with Crippen molar-refractivity contribution in [2.75, 3.05) is 37.6 Å². The maximum Gasteiger partial charge on any atom is 0.240 e. The minimum Gasteiger partial charge on any atom is -0.312 e. The number of carbonyl (C=O) groups excluding carboxylic acids is 1. The van der Waals surface area contributed by atoms with E-state index in [-0.39, 0.29) is 11.8 Å². The molecule has 2 aliphatic heterocycles. The zero-order chi connectivity index (χ0) is 20.4. The first-order valence-electron chi connectivity index (χ1n) is 11.1. The maximum atomic E-state index is 12.7. The smallest absolute Gasteiger partial charge is 0.240 e. The van der Waals surface area contributed by atoms with Crippen LogP contribution in [-0.2, 0) is 21.2 Å². The summed E-state index contributed by atoms with van der Waals surface area (Å²) in [5.41, 5.74) is 1.85. The summed E-state index contributed by atoms with van der Waals surface area (Å²) in [6.07, 6.45) is 7.18. The number of hydrogen-bond donors (Lipinski definition) is 1. The Morgan fingerprint density at radius 3 is 2.72 bits per heavy atom. The topological polar surface area (TPSA) is 69.7 Å². The highest BCUT2D eigenvalue weighted by molar-refractivity contribution is 7.89. The Bertz CT molecular complexity index is 851. The van der Waals surface area contributed by atoms with E-state index in [1.165, 1.54) is 12.8 Å². The molecule has 1 unspecified atom stereocenters.